The van der Waals surface area contributed by atoms with Crippen LogP contribution < -0.4 is 10.6 Å². The van der Waals surface area contributed by atoms with Crippen LogP contribution in [-0.4, -0.2) is 30.9 Å². The van der Waals surface area contributed by atoms with Gasteiger partial charge in [0, 0.05) is 24.8 Å². The van der Waals surface area contributed by atoms with Gasteiger partial charge in [0.25, 0.3) is 0 Å². The highest BCUT2D eigenvalue weighted by atomic mass is 35.5. The highest BCUT2D eigenvalue weighted by Crippen LogP contribution is 1.72. The van der Waals surface area contributed by atoms with Gasteiger partial charge in [-0.3, -0.25) is 0 Å². The fourth-order valence-electron chi connectivity index (χ4n) is 0.384. The lowest BCUT2D eigenvalue weighted by Crippen LogP contribution is -2.37. The number of carbonyl (C=O) groups is 1. The Bertz CT molecular complexity index is 89.6. The molecular weight excluding hydrogens is 177 g/mol. The first-order valence-corrected chi connectivity index (χ1v) is 4.01. The topological polar surface area (TPSA) is 41.1 Å². The maximum absolute atomic E-state index is 10.6. The Morgan fingerprint density at radius 3 is 1.80 bits per heavy atom. The number of halogens is 2. The number of hydrogen-bond acceptors (Lipinski definition) is 1. The maximum Gasteiger partial charge on any atom is 0.314 e. The van der Waals surface area contributed by atoms with Crippen LogP contribution in [0.2, 0.25) is 0 Å². The predicted octanol–water partition coefficient (Wildman–Crippen LogP) is 0.763. The highest BCUT2D eigenvalue weighted by molar-refractivity contribution is 6.18. The van der Waals surface area contributed by atoms with Crippen LogP contribution in [0.5, 0.6) is 0 Å². The van der Waals surface area contributed by atoms with Gasteiger partial charge in [-0.25, -0.2) is 4.79 Å². The molecule has 60 valence electrons. The number of amides is 2. The van der Waals surface area contributed by atoms with Gasteiger partial charge in [0.05, 0.1) is 0 Å². The van der Waals surface area contributed by atoms with Crippen LogP contribution in [0.15, 0.2) is 0 Å². The quantitative estimate of drug-likeness (QED) is 0.495. The van der Waals surface area contributed by atoms with Crippen molar-refractivity contribution in [3.63, 3.8) is 0 Å². The largest absolute Gasteiger partial charge is 0.337 e. The Morgan fingerprint density at radius 2 is 1.50 bits per heavy atom. The van der Waals surface area contributed by atoms with Crippen molar-refractivity contribution in [3.05, 3.63) is 0 Å². The van der Waals surface area contributed by atoms with Crippen molar-refractivity contribution in [2.45, 2.75) is 0 Å². The van der Waals surface area contributed by atoms with Crippen molar-refractivity contribution in [2.75, 3.05) is 24.8 Å². The first-order chi connectivity index (χ1) is 4.81. The van der Waals surface area contributed by atoms with Crippen molar-refractivity contribution < 1.29 is 4.79 Å². The maximum atomic E-state index is 10.6. The monoisotopic (exact) mass is 186 g/mol. The van der Waals surface area contributed by atoms with E-state index in [1.165, 1.54) is 0 Å². The molecule has 0 rings (SSSR count). The molecule has 0 fully saturated rings. The Morgan fingerprint density at radius 1 is 1.10 bits per heavy atom. The van der Waals surface area contributed by atoms with E-state index < -0.39 is 0 Å². The van der Waals surface area contributed by atoms with Crippen molar-refractivity contribution in [1.29, 1.82) is 0 Å². The van der Waals surface area contributed by atoms with Crippen molar-refractivity contribution >= 4 is 29.2 Å². The van der Waals surface area contributed by atoms with E-state index in [1.54, 1.807) is 0 Å². The molecule has 2 amide bonds. The molecule has 0 aliphatic rings. The fourth-order valence-corrected chi connectivity index (χ4v) is 0.573. The van der Waals surface area contributed by atoms with Gasteiger partial charge in [0.15, 0.2) is 0 Å². The summed E-state index contributed by atoms with van der Waals surface area (Å²) in [6.07, 6.45) is 0. The van der Waals surface area contributed by atoms with Crippen LogP contribution in [-0.2, 0) is 0 Å². The van der Waals surface area contributed by atoms with Gasteiger partial charge in [-0.1, -0.05) is 0 Å². The molecule has 0 spiro atoms. The highest BCUT2D eigenvalue weighted by Gasteiger charge is 1.94. The third-order valence-corrected chi connectivity index (χ3v) is 1.14. The lowest BCUT2D eigenvalue weighted by molar-refractivity contribution is 0.242. The number of alkyl halides is 2. The zero-order valence-corrected chi connectivity index (χ0v) is 7.00. The minimum Gasteiger partial charge on any atom is -0.337 e. The van der Waals surface area contributed by atoms with E-state index in [0.717, 1.165) is 0 Å². The zero-order valence-electron chi connectivity index (χ0n) is 5.49. The van der Waals surface area contributed by atoms with Gasteiger partial charge in [0.2, 0.25) is 0 Å². The van der Waals surface area contributed by atoms with Crippen LogP contribution in [0.1, 0.15) is 0 Å². The second kappa shape index (κ2) is 6.96. The van der Waals surface area contributed by atoms with E-state index in [9.17, 15) is 4.79 Å². The Labute approximate surface area is 70.1 Å². The minimum atomic E-state index is -0.221. The van der Waals surface area contributed by atoms with Gasteiger partial charge in [0.1, 0.15) is 0 Å². The summed E-state index contributed by atoms with van der Waals surface area (Å²) in [5.41, 5.74) is 0. The minimum absolute atomic E-state index is 0.221. The number of nitrogens with one attached hydrogen (secondary N) is 2. The normalized spacial score (nSPS) is 9.00. The summed E-state index contributed by atoms with van der Waals surface area (Å²) < 4.78 is 0. The molecule has 0 bridgehead atoms. The second-order valence-corrected chi connectivity index (χ2v) is 2.32. The van der Waals surface area contributed by atoms with Crippen molar-refractivity contribution in [3.8, 4) is 0 Å². The molecule has 10 heavy (non-hydrogen) atoms. The molecule has 0 aromatic carbocycles. The molecule has 0 saturated heterocycles. The fraction of sp³-hybridized carbons (Fsp3) is 0.800. The van der Waals surface area contributed by atoms with E-state index in [0.29, 0.717) is 24.8 Å². The van der Waals surface area contributed by atoms with Crippen LogP contribution in [0.25, 0.3) is 0 Å². The molecule has 0 saturated carbocycles. The molecule has 0 unspecified atom stereocenters. The second-order valence-electron chi connectivity index (χ2n) is 1.56. The average Bonchev–Trinajstić information content (AvgIpc) is 1.97. The lowest BCUT2D eigenvalue weighted by atomic mass is 10.8. The molecule has 0 heterocycles. The number of carbonyl (C=O) groups excluding carboxylic acids is 1. The summed E-state index contributed by atoms with van der Waals surface area (Å²) in [5.74, 6) is 0.850. The average molecular weight is 187 g/mol. The summed E-state index contributed by atoms with van der Waals surface area (Å²) in [7, 11) is 0. The summed E-state index contributed by atoms with van der Waals surface area (Å²) in [4.78, 5) is 10.6. The smallest absolute Gasteiger partial charge is 0.314 e. The SMILES string of the molecule is O=C([15NH]CCCl)[15NH]CCCl. The molecular formula is C5H10Cl2N2O. The summed E-state index contributed by atoms with van der Waals surface area (Å²) in [5, 5.41) is 5.05. The molecule has 0 radical (unpaired) electrons. The van der Waals surface area contributed by atoms with E-state index in [1.807, 2.05) is 0 Å². The van der Waals surface area contributed by atoms with Crippen LogP contribution in [0.4, 0.5) is 4.79 Å². The zero-order chi connectivity index (χ0) is 7.82. The third kappa shape index (κ3) is 5.98. The molecule has 0 aromatic rings. The number of rotatable bonds is 4. The molecule has 0 atom stereocenters. The molecule has 5 heteroatoms. The standard InChI is InChI=1S/C5H10Cl2N2O/c6-1-3-8-5(10)9-4-2-7/h1-4H2,(H2,8,9,10)/i8+1,9+1. The predicted molar refractivity (Wildman–Crippen MR) is 42.8 cm³/mol. The molecule has 3 nitrogen and oxygen atoms in total. The van der Waals surface area contributed by atoms with Crippen molar-refractivity contribution in [2.24, 2.45) is 0 Å². The molecule has 0 aliphatic heterocycles. The first kappa shape index (κ1) is 9.85. The molecule has 0 aromatic heterocycles. The van der Waals surface area contributed by atoms with Gasteiger partial charge in [-0.2, -0.15) is 0 Å². The van der Waals surface area contributed by atoms with Gasteiger partial charge >= 0.3 is 6.03 Å². The van der Waals surface area contributed by atoms with E-state index in [2.05, 4.69) is 10.6 Å². The van der Waals surface area contributed by atoms with Crippen molar-refractivity contribution in [1.82, 2.24) is 10.6 Å². The molecule has 0 aliphatic carbocycles. The number of hydrogen-bond donors (Lipinski definition) is 2. The summed E-state index contributed by atoms with van der Waals surface area (Å²) >= 11 is 10.6. The lowest BCUT2D eigenvalue weighted by Gasteiger charge is -2.02. The van der Waals surface area contributed by atoms with Crippen LogP contribution in [0.3, 0.4) is 0 Å². The van der Waals surface area contributed by atoms with E-state index in [4.69, 9.17) is 23.2 Å². The number of urea groups is 1. The van der Waals surface area contributed by atoms with E-state index >= 15 is 0 Å². The summed E-state index contributed by atoms with van der Waals surface area (Å²) in [6.45, 7) is 0.964. The van der Waals surface area contributed by atoms with Gasteiger partial charge < -0.3 is 10.6 Å². The molecule has 2 N–H and O–H groups in total. The van der Waals surface area contributed by atoms with E-state index in [-0.39, 0.29) is 6.03 Å². The van der Waals surface area contributed by atoms with Crippen LogP contribution >= 0.6 is 23.2 Å². The summed E-state index contributed by atoms with van der Waals surface area (Å²) in [6, 6.07) is -0.221. The third-order valence-electron chi connectivity index (χ3n) is 0.760. The Hall–Kier alpha value is -0.150. The van der Waals surface area contributed by atoms with Gasteiger partial charge in [-0.05, 0) is 0 Å². The Balaban J connectivity index is 3.09. The van der Waals surface area contributed by atoms with Gasteiger partial charge in [-0.15, -0.1) is 23.2 Å². The Kier molecular flexibility index (Phi) is 6.86. The van der Waals surface area contributed by atoms with Crippen LogP contribution in [0, 0.1) is 0 Å². The first-order valence-electron chi connectivity index (χ1n) is 2.95.